The molecular weight excluding hydrogens is 184 g/mol. The Morgan fingerprint density at radius 2 is 2.31 bits per heavy atom. The van der Waals surface area contributed by atoms with Crippen LogP contribution in [0, 0.1) is 6.92 Å². The number of aldehydes is 1. The fourth-order valence-corrected chi connectivity index (χ4v) is 1.82. The SMILES string of the molecule is Cc1ccn(-c2ccc(C=O)s2)n1. The molecule has 0 aromatic carbocycles. The van der Waals surface area contributed by atoms with Crippen molar-refractivity contribution in [2.75, 3.05) is 0 Å². The van der Waals surface area contributed by atoms with Gasteiger partial charge in [-0.25, -0.2) is 4.68 Å². The monoisotopic (exact) mass is 192 g/mol. The highest BCUT2D eigenvalue weighted by atomic mass is 32.1. The van der Waals surface area contributed by atoms with E-state index in [-0.39, 0.29) is 0 Å². The van der Waals surface area contributed by atoms with Gasteiger partial charge < -0.3 is 0 Å². The van der Waals surface area contributed by atoms with Gasteiger partial charge in [0.1, 0.15) is 5.00 Å². The molecule has 13 heavy (non-hydrogen) atoms. The largest absolute Gasteiger partial charge is 0.297 e. The summed E-state index contributed by atoms with van der Waals surface area (Å²) in [6.07, 6.45) is 2.74. The molecule has 0 bridgehead atoms. The van der Waals surface area contributed by atoms with E-state index in [2.05, 4.69) is 5.10 Å². The maximum Gasteiger partial charge on any atom is 0.160 e. The zero-order valence-corrected chi connectivity index (χ0v) is 7.91. The van der Waals surface area contributed by atoms with E-state index in [1.807, 2.05) is 25.3 Å². The summed E-state index contributed by atoms with van der Waals surface area (Å²) in [4.78, 5) is 11.2. The maximum absolute atomic E-state index is 10.4. The van der Waals surface area contributed by atoms with Crippen LogP contribution in [0.5, 0.6) is 0 Å². The van der Waals surface area contributed by atoms with Crippen molar-refractivity contribution >= 4 is 17.6 Å². The van der Waals surface area contributed by atoms with E-state index in [1.54, 1.807) is 10.7 Å². The van der Waals surface area contributed by atoms with Crippen molar-refractivity contribution in [3.05, 3.63) is 35.0 Å². The maximum atomic E-state index is 10.4. The van der Waals surface area contributed by atoms with Crippen molar-refractivity contribution in [3.63, 3.8) is 0 Å². The van der Waals surface area contributed by atoms with Crippen molar-refractivity contribution in [2.24, 2.45) is 0 Å². The van der Waals surface area contributed by atoms with Crippen molar-refractivity contribution in [1.82, 2.24) is 9.78 Å². The lowest BCUT2D eigenvalue weighted by atomic mass is 10.5. The normalized spacial score (nSPS) is 10.2. The van der Waals surface area contributed by atoms with E-state index in [0.29, 0.717) is 0 Å². The second-order valence-corrected chi connectivity index (χ2v) is 3.79. The number of carbonyl (C=O) groups excluding carboxylic acids is 1. The Balaban J connectivity index is 2.40. The molecule has 2 rings (SSSR count). The predicted molar refractivity (Wildman–Crippen MR) is 51.6 cm³/mol. The average Bonchev–Trinajstić information content (AvgIpc) is 2.71. The average molecular weight is 192 g/mol. The van der Waals surface area contributed by atoms with Gasteiger partial charge in [0, 0.05) is 6.20 Å². The van der Waals surface area contributed by atoms with E-state index >= 15 is 0 Å². The second-order valence-electron chi connectivity index (χ2n) is 2.70. The Labute approximate surface area is 79.6 Å². The topological polar surface area (TPSA) is 34.9 Å². The molecule has 0 radical (unpaired) electrons. The summed E-state index contributed by atoms with van der Waals surface area (Å²) in [7, 11) is 0. The molecule has 0 spiro atoms. The van der Waals surface area contributed by atoms with E-state index in [4.69, 9.17) is 0 Å². The summed E-state index contributed by atoms with van der Waals surface area (Å²) in [6.45, 7) is 1.94. The molecule has 2 aromatic heterocycles. The molecule has 0 saturated carbocycles. The van der Waals surface area contributed by atoms with Crippen molar-refractivity contribution in [2.45, 2.75) is 6.92 Å². The second kappa shape index (κ2) is 3.14. The number of aromatic nitrogens is 2. The number of rotatable bonds is 2. The van der Waals surface area contributed by atoms with Gasteiger partial charge in [0.15, 0.2) is 6.29 Å². The zero-order valence-electron chi connectivity index (χ0n) is 7.10. The minimum absolute atomic E-state index is 0.725. The molecule has 0 N–H and O–H groups in total. The number of thiophene rings is 1. The van der Waals surface area contributed by atoms with Crippen molar-refractivity contribution < 1.29 is 4.79 Å². The van der Waals surface area contributed by atoms with Crippen molar-refractivity contribution in [3.8, 4) is 5.00 Å². The molecule has 2 aromatic rings. The van der Waals surface area contributed by atoms with E-state index in [9.17, 15) is 4.79 Å². The van der Waals surface area contributed by atoms with Gasteiger partial charge in [0.2, 0.25) is 0 Å². The molecule has 0 aliphatic heterocycles. The number of hydrogen-bond acceptors (Lipinski definition) is 3. The number of aryl methyl sites for hydroxylation is 1. The Hall–Kier alpha value is -1.42. The summed E-state index contributed by atoms with van der Waals surface area (Å²) in [5, 5.41) is 5.21. The predicted octanol–water partition coefficient (Wildman–Crippen LogP) is 2.05. The van der Waals surface area contributed by atoms with Crippen LogP contribution in [0.3, 0.4) is 0 Å². The Morgan fingerprint density at radius 3 is 2.85 bits per heavy atom. The van der Waals surface area contributed by atoms with Crippen LogP contribution in [0.2, 0.25) is 0 Å². The quantitative estimate of drug-likeness (QED) is 0.682. The standard InChI is InChI=1S/C9H8N2OS/c1-7-4-5-11(10-7)9-3-2-8(6-12)13-9/h2-6H,1H3. The van der Waals surface area contributed by atoms with Crippen LogP contribution in [0.15, 0.2) is 24.4 Å². The Morgan fingerprint density at radius 1 is 1.46 bits per heavy atom. The van der Waals surface area contributed by atoms with E-state index in [0.717, 1.165) is 21.9 Å². The highest BCUT2D eigenvalue weighted by molar-refractivity contribution is 7.16. The molecule has 66 valence electrons. The molecule has 0 aliphatic carbocycles. The molecule has 4 heteroatoms. The molecule has 3 nitrogen and oxygen atoms in total. The Kier molecular flexibility index (Phi) is 1.98. The van der Waals surface area contributed by atoms with Gasteiger partial charge in [-0.3, -0.25) is 4.79 Å². The molecule has 2 heterocycles. The van der Waals surface area contributed by atoms with E-state index < -0.39 is 0 Å². The van der Waals surface area contributed by atoms with Gasteiger partial charge >= 0.3 is 0 Å². The molecule has 0 atom stereocenters. The summed E-state index contributed by atoms with van der Waals surface area (Å²) < 4.78 is 1.77. The lowest BCUT2D eigenvalue weighted by Crippen LogP contribution is -1.90. The fourth-order valence-electron chi connectivity index (χ4n) is 1.07. The van der Waals surface area contributed by atoms with Gasteiger partial charge in [-0.15, -0.1) is 11.3 Å². The minimum atomic E-state index is 0.725. The highest BCUT2D eigenvalue weighted by Gasteiger charge is 2.01. The number of carbonyl (C=O) groups is 1. The third-order valence-corrected chi connectivity index (χ3v) is 2.68. The number of hydrogen-bond donors (Lipinski definition) is 0. The first-order chi connectivity index (χ1) is 6.29. The lowest BCUT2D eigenvalue weighted by Gasteiger charge is -1.92. The van der Waals surface area contributed by atoms with Gasteiger partial charge in [-0.2, -0.15) is 5.10 Å². The molecule has 0 amide bonds. The van der Waals surface area contributed by atoms with Crippen LogP contribution in [-0.4, -0.2) is 16.1 Å². The first-order valence-corrected chi connectivity index (χ1v) is 4.69. The van der Waals surface area contributed by atoms with Crippen LogP contribution in [-0.2, 0) is 0 Å². The van der Waals surface area contributed by atoms with Crippen LogP contribution < -0.4 is 0 Å². The van der Waals surface area contributed by atoms with Crippen LogP contribution in [0.25, 0.3) is 5.00 Å². The smallest absolute Gasteiger partial charge is 0.160 e. The summed E-state index contributed by atoms with van der Waals surface area (Å²) in [5.41, 5.74) is 0.973. The zero-order chi connectivity index (χ0) is 9.26. The minimum Gasteiger partial charge on any atom is -0.297 e. The summed E-state index contributed by atoms with van der Waals surface area (Å²) in [5.74, 6) is 0. The Bertz CT molecular complexity index is 430. The van der Waals surface area contributed by atoms with Gasteiger partial charge in [0.05, 0.1) is 10.6 Å². The summed E-state index contributed by atoms with van der Waals surface area (Å²) >= 11 is 1.43. The third kappa shape index (κ3) is 1.53. The first kappa shape index (κ1) is 8.19. The van der Waals surface area contributed by atoms with Gasteiger partial charge in [-0.05, 0) is 25.1 Å². The van der Waals surface area contributed by atoms with E-state index in [1.165, 1.54) is 11.3 Å². The molecule has 0 fully saturated rings. The van der Waals surface area contributed by atoms with Gasteiger partial charge in [0.25, 0.3) is 0 Å². The number of nitrogens with zero attached hydrogens (tertiary/aromatic N) is 2. The summed E-state index contributed by atoms with van der Waals surface area (Å²) in [6, 6.07) is 5.62. The van der Waals surface area contributed by atoms with Crippen LogP contribution in [0.4, 0.5) is 0 Å². The van der Waals surface area contributed by atoms with Crippen LogP contribution in [0.1, 0.15) is 15.4 Å². The molecule has 0 unspecified atom stereocenters. The molecule has 0 saturated heterocycles. The fraction of sp³-hybridized carbons (Fsp3) is 0.111. The van der Waals surface area contributed by atoms with Gasteiger partial charge in [-0.1, -0.05) is 0 Å². The highest BCUT2D eigenvalue weighted by Crippen LogP contribution is 2.18. The lowest BCUT2D eigenvalue weighted by molar-refractivity contribution is 0.112. The first-order valence-electron chi connectivity index (χ1n) is 3.87. The molecular formula is C9H8N2OS. The third-order valence-electron chi connectivity index (χ3n) is 1.68. The van der Waals surface area contributed by atoms with Crippen molar-refractivity contribution in [1.29, 1.82) is 0 Å². The van der Waals surface area contributed by atoms with Crippen LogP contribution >= 0.6 is 11.3 Å². The molecule has 0 aliphatic rings.